The van der Waals surface area contributed by atoms with Crippen LogP contribution in [0.2, 0.25) is 0 Å². The lowest BCUT2D eigenvalue weighted by molar-refractivity contribution is 0.0445. The monoisotopic (exact) mass is 387 g/mol. The van der Waals surface area contributed by atoms with Crippen molar-refractivity contribution in [1.29, 1.82) is 0 Å². The van der Waals surface area contributed by atoms with E-state index in [9.17, 15) is 18.0 Å². The average Bonchev–Trinajstić information content (AvgIpc) is 2.96. The van der Waals surface area contributed by atoms with Crippen LogP contribution < -0.4 is 4.72 Å². The number of hydrogen-bond donors (Lipinski definition) is 1. The van der Waals surface area contributed by atoms with Gasteiger partial charge in [-0.3, -0.25) is 9.52 Å². The largest absolute Gasteiger partial charge is 0.451 e. The van der Waals surface area contributed by atoms with E-state index in [-0.39, 0.29) is 5.76 Å². The maximum atomic E-state index is 12.2. The van der Waals surface area contributed by atoms with Crippen molar-refractivity contribution in [1.82, 2.24) is 0 Å². The minimum atomic E-state index is -3.39. The number of ketones is 1. The number of ether oxygens (including phenoxy) is 1. The van der Waals surface area contributed by atoms with Crippen LogP contribution in [0.25, 0.3) is 11.0 Å². The van der Waals surface area contributed by atoms with Gasteiger partial charge in [0.05, 0.1) is 6.26 Å². The molecule has 8 heteroatoms. The van der Waals surface area contributed by atoms with Crippen molar-refractivity contribution in [2.75, 3.05) is 17.6 Å². The van der Waals surface area contributed by atoms with Crippen molar-refractivity contribution in [2.45, 2.75) is 6.92 Å². The summed E-state index contributed by atoms with van der Waals surface area (Å²) in [4.78, 5) is 24.4. The molecule has 0 saturated heterocycles. The Morgan fingerprint density at radius 3 is 2.37 bits per heavy atom. The molecule has 0 aliphatic rings. The molecule has 0 unspecified atom stereocenters. The lowest BCUT2D eigenvalue weighted by Crippen LogP contribution is -2.15. The molecule has 2 aromatic carbocycles. The average molecular weight is 387 g/mol. The van der Waals surface area contributed by atoms with Crippen molar-refractivity contribution in [2.24, 2.45) is 0 Å². The summed E-state index contributed by atoms with van der Waals surface area (Å²) >= 11 is 0. The second kappa shape index (κ2) is 7.24. The van der Waals surface area contributed by atoms with Crippen LogP contribution in [0.5, 0.6) is 0 Å². The van der Waals surface area contributed by atoms with E-state index in [0.29, 0.717) is 22.4 Å². The van der Waals surface area contributed by atoms with E-state index in [2.05, 4.69) is 4.72 Å². The van der Waals surface area contributed by atoms with Crippen LogP contribution in [-0.2, 0) is 14.8 Å². The van der Waals surface area contributed by atoms with Crippen LogP contribution >= 0.6 is 0 Å². The van der Waals surface area contributed by atoms with Gasteiger partial charge in [0.2, 0.25) is 15.8 Å². The van der Waals surface area contributed by atoms with Crippen LogP contribution in [0, 0.1) is 6.92 Å². The molecule has 0 atom stereocenters. The third-order valence-electron chi connectivity index (χ3n) is 3.87. The second-order valence-corrected chi connectivity index (χ2v) is 7.75. The Kier molecular flexibility index (Phi) is 5.00. The molecule has 1 N–H and O–H groups in total. The molecule has 0 spiro atoms. The lowest BCUT2D eigenvalue weighted by Gasteiger charge is -2.06. The third kappa shape index (κ3) is 4.35. The first-order valence-electron chi connectivity index (χ1n) is 8.01. The third-order valence-corrected chi connectivity index (χ3v) is 4.48. The molecular weight excluding hydrogens is 370 g/mol. The molecule has 1 aromatic heterocycles. The normalized spacial score (nSPS) is 11.3. The number of carbonyl (C=O) groups is 2. The fourth-order valence-electron chi connectivity index (χ4n) is 2.59. The van der Waals surface area contributed by atoms with Gasteiger partial charge in [0.15, 0.2) is 12.4 Å². The van der Waals surface area contributed by atoms with Crippen LogP contribution in [-0.4, -0.2) is 33.0 Å². The fourth-order valence-corrected chi connectivity index (χ4v) is 3.15. The molecule has 7 nitrogen and oxygen atoms in total. The number of sulfonamides is 1. The SMILES string of the molecule is Cc1c(C(=O)OCC(=O)c2ccc(NS(C)(=O)=O)cc2)oc2ccccc12. The number of rotatable bonds is 6. The van der Waals surface area contributed by atoms with Crippen molar-refractivity contribution in [3.05, 3.63) is 65.4 Å². The molecule has 3 rings (SSSR count). The molecule has 0 bridgehead atoms. The Morgan fingerprint density at radius 2 is 1.74 bits per heavy atom. The van der Waals surface area contributed by atoms with Gasteiger partial charge in [0.1, 0.15) is 5.58 Å². The number of esters is 1. The van der Waals surface area contributed by atoms with E-state index < -0.39 is 28.4 Å². The molecule has 0 radical (unpaired) electrons. The topological polar surface area (TPSA) is 103 Å². The Labute approximate surface area is 156 Å². The van der Waals surface area contributed by atoms with E-state index in [1.807, 2.05) is 12.1 Å². The van der Waals surface area contributed by atoms with Gasteiger partial charge in [-0.15, -0.1) is 0 Å². The van der Waals surface area contributed by atoms with E-state index in [4.69, 9.17) is 9.15 Å². The molecule has 1 heterocycles. The quantitative estimate of drug-likeness (QED) is 0.515. The van der Waals surface area contributed by atoms with E-state index in [1.165, 1.54) is 24.3 Å². The molecule has 0 fully saturated rings. The van der Waals surface area contributed by atoms with Gasteiger partial charge in [-0.05, 0) is 37.3 Å². The summed E-state index contributed by atoms with van der Waals surface area (Å²) in [7, 11) is -3.39. The summed E-state index contributed by atoms with van der Waals surface area (Å²) in [5.41, 5.74) is 1.86. The van der Waals surface area contributed by atoms with Crippen molar-refractivity contribution < 1.29 is 27.2 Å². The number of para-hydroxylation sites is 1. The van der Waals surface area contributed by atoms with Crippen LogP contribution in [0.15, 0.2) is 52.9 Å². The van der Waals surface area contributed by atoms with Gasteiger partial charge in [-0.25, -0.2) is 13.2 Å². The predicted octanol–water partition coefficient (Wildman–Crippen LogP) is 3.15. The highest BCUT2D eigenvalue weighted by Gasteiger charge is 2.20. The van der Waals surface area contributed by atoms with E-state index in [0.717, 1.165) is 11.6 Å². The summed E-state index contributed by atoms with van der Waals surface area (Å²) in [6, 6.07) is 13.0. The number of anilines is 1. The Morgan fingerprint density at radius 1 is 1.07 bits per heavy atom. The fraction of sp³-hybridized carbons (Fsp3) is 0.158. The molecule has 0 aliphatic heterocycles. The maximum Gasteiger partial charge on any atom is 0.375 e. The maximum absolute atomic E-state index is 12.2. The zero-order chi connectivity index (χ0) is 19.6. The number of furan rings is 1. The van der Waals surface area contributed by atoms with Crippen molar-refractivity contribution >= 4 is 38.4 Å². The van der Waals surface area contributed by atoms with Gasteiger partial charge in [-0.2, -0.15) is 0 Å². The number of hydrogen-bond acceptors (Lipinski definition) is 6. The number of aryl methyl sites for hydroxylation is 1. The first-order valence-corrected chi connectivity index (χ1v) is 9.90. The highest BCUT2D eigenvalue weighted by Crippen LogP contribution is 2.25. The predicted molar refractivity (Wildman–Crippen MR) is 100 cm³/mol. The van der Waals surface area contributed by atoms with Crippen molar-refractivity contribution in [3.8, 4) is 0 Å². The summed E-state index contributed by atoms with van der Waals surface area (Å²) in [6.45, 7) is 1.30. The van der Waals surface area contributed by atoms with Crippen LogP contribution in [0.1, 0.15) is 26.5 Å². The van der Waals surface area contributed by atoms with Gasteiger partial charge >= 0.3 is 5.97 Å². The number of fused-ring (bicyclic) bond motifs is 1. The highest BCUT2D eigenvalue weighted by atomic mass is 32.2. The molecular formula is C19H17NO6S. The molecule has 3 aromatic rings. The van der Waals surface area contributed by atoms with Crippen molar-refractivity contribution in [3.63, 3.8) is 0 Å². The first kappa shape index (κ1) is 18.7. The second-order valence-electron chi connectivity index (χ2n) is 6.00. The van der Waals surface area contributed by atoms with E-state index in [1.54, 1.807) is 19.1 Å². The zero-order valence-electron chi connectivity index (χ0n) is 14.7. The molecule has 0 saturated carbocycles. The zero-order valence-corrected chi connectivity index (χ0v) is 15.5. The molecule has 0 amide bonds. The Bertz CT molecular complexity index is 1110. The first-order chi connectivity index (χ1) is 12.7. The number of carbonyl (C=O) groups excluding carboxylic acids is 2. The minimum absolute atomic E-state index is 0.0664. The standard InChI is InChI=1S/C19H17NO6S/c1-12-15-5-3-4-6-17(15)26-18(12)19(22)25-11-16(21)13-7-9-14(10-8-13)20-27(2,23)24/h3-10,20H,11H2,1-2H3. The number of benzene rings is 2. The molecule has 140 valence electrons. The summed E-state index contributed by atoms with van der Waals surface area (Å²) in [5.74, 6) is -1.06. The van der Waals surface area contributed by atoms with E-state index >= 15 is 0 Å². The van der Waals surface area contributed by atoms with Gasteiger partial charge in [0.25, 0.3) is 0 Å². The van der Waals surface area contributed by atoms with Gasteiger partial charge in [-0.1, -0.05) is 18.2 Å². The number of Topliss-reactive ketones (excluding diaryl/α,β-unsaturated/α-hetero) is 1. The van der Waals surface area contributed by atoms with Crippen LogP contribution in [0.4, 0.5) is 5.69 Å². The smallest absolute Gasteiger partial charge is 0.375 e. The highest BCUT2D eigenvalue weighted by molar-refractivity contribution is 7.92. The Hall–Kier alpha value is -3.13. The number of nitrogens with one attached hydrogen (secondary N) is 1. The molecule has 0 aliphatic carbocycles. The summed E-state index contributed by atoms with van der Waals surface area (Å²) in [6.07, 6.45) is 1.03. The molecule has 27 heavy (non-hydrogen) atoms. The minimum Gasteiger partial charge on any atom is -0.451 e. The van der Waals surface area contributed by atoms with Crippen LogP contribution in [0.3, 0.4) is 0 Å². The lowest BCUT2D eigenvalue weighted by atomic mass is 10.1. The van der Waals surface area contributed by atoms with Gasteiger partial charge in [0, 0.05) is 22.2 Å². The summed E-state index contributed by atoms with van der Waals surface area (Å²) < 4.78 is 35.2. The summed E-state index contributed by atoms with van der Waals surface area (Å²) in [5, 5.41) is 0.810. The van der Waals surface area contributed by atoms with Gasteiger partial charge < -0.3 is 9.15 Å². The Balaban J connectivity index is 1.66.